The lowest BCUT2D eigenvalue weighted by molar-refractivity contribution is 0.485. The fourth-order valence-electron chi connectivity index (χ4n) is 2.73. The van der Waals surface area contributed by atoms with Gasteiger partial charge in [-0.2, -0.15) is 0 Å². The third-order valence-electron chi connectivity index (χ3n) is 4.13. The van der Waals surface area contributed by atoms with Crippen molar-refractivity contribution in [3.8, 4) is 11.4 Å². The van der Waals surface area contributed by atoms with E-state index in [9.17, 15) is 0 Å². The number of aryl methyl sites for hydroxylation is 1. The van der Waals surface area contributed by atoms with Gasteiger partial charge in [-0.15, -0.1) is 10.2 Å². The van der Waals surface area contributed by atoms with Gasteiger partial charge in [0.1, 0.15) is 5.76 Å². The van der Waals surface area contributed by atoms with Crippen molar-refractivity contribution in [3.05, 3.63) is 89.9 Å². The van der Waals surface area contributed by atoms with E-state index >= 15 is 0 Å². The number of hydrogen-bond donors (Lipinski definition) is 0. The van der Waals surface area contributed by atoms with Crippen LogP contribution in [0.2, 0.25) is 0 Å². The number of aromatic nitrogens is 3. The second kappa shape index (κ2) is 7.62. The van der Waals surface area contributed by atoms with Gasteiger partial charge < -0.3 is 4.42 Å². The summed E-state index contributed by atoms with van der Waals surface area (Å²) in [4.78, 5) is 0. The SMILES string of the molecule is Cc1ccc(CSc2nnc(-c3ccccc3)n2Cc2ccco2)cc1. The number of furan rings is 1. The third kappa shape index (κ3) is 3.73. The minimum atomic E-state index is 0.612. The lowest BCUT2D eigenvalue weighted by Crippen LogP contribution is -2.03. The van der Waals surface area contributed by atoms with Gasteiger partial charge in [0.05, 0.1) is 12.8 Å². The molecule has 0 aliphatic carbocycles. The number of thioether (sulfide) groups is 1. The van der Waals surface area contributed by atoms with Crippen molar-refractivity contribution in [1.29, 1.82) is 0 Å². The molecule has 4 aromatic rings. The Morgan fingerprint density at radius 3 is 2.46 bits per heavy atom. The smallest absolute Gasteiger partial charge is 0.192 e. The van der Waals surface area contributed by atoms with Crippen molar-refractivity contribution in [1.82, 2.24) is 14.8 Å². The first kappa shape index (κ1) is 16.7. The zero-order valence-corrected chi connectivity index (χ0v) is 15.3. The van der Waals surface area contributed by atoms with Crippen LogP contribution in [-0.4, -0.2) is 14.8 Å². The Hall–Kier alpha value is -2.79. The van der Waals surface area contributed by atoms with Crippen LogP contribution in [0.3, 0.4) is 0 Å². The molecule has 26 heavy (non-hydrogen) atoms. The zero-order valence-electron chi connectivity index (χ0n) is 14.5. The van der Waals surface area contributed by atoms with E-state index in [1.165, 1.54) is 11.1 Å². The molecule has 130 valence electrons. The molecule has 0 spiro atoms. The molecule has 2 aromatic heterocycles. The lowest BCUT2D eigenvalue weighted by atomic mass is 10.2. The van der Waals surface area contributed by atoms with Crippen LogP contribution < -0.4 is 0 Å². The molecule has 0 saturated heterocycles. The highest BCUT2D eigenvalue weighted by Gasteiger charge is 2.15. The Labute approximate surface area is 156 Å². The molecule has 2 aromatic carbocycles. The van der Waals surface area contributed by atoms with Gasteiger partial charge in [-0.1, -0.05) is 71.9 Å². The third-order valence-corrected chi connectivity index (χ3v) is 5.17. The van der Waals surface area contributed by atoms with Crippen molar-refractivity contribution in [2.75, 3.05) is 0 Å². The van der Waals surface area contributed by atoms with E-state index in [0.717, 1.165) is 28.1 Å². The number of rotatable bonds is 6. The Balaban J connectivity index is 1.63. The first-order valence-electron chi connectivity index (χ1n) is 8.49. The summed E-state index contributed by atoms with van der Waals surface area (Å²) in [5, 5.41) is 9.77. The maximum absolute atomic E-state index is 5.54. The fourth-order valence-corrected chi connectivity index (χ4v) is 3.62. The number of hydrogen-bond acceptors (Lipinski definition) is 4. The highest BCUT2D eigenvalue weighted by atomic mass is 32.2. The predicted octanol–water partition coefficient (Wildman–Crippen LogP) is 5.19. The van der Waals surface area contributed by atoms with Crippen molar-refractivity contribution in [2.24, 2.45) is 0 Å². The molecule has 4 rings (SSSR count). The van der Waals surface area contributed by atoms with E-state index in [4.69, 9.17) is 4.42 Å². The summed E-state index contributed by atoms with van der Waals surface area (Å²) < 4.78 is 7.66. The molecule has 0 N–H and O–H groups in total. The van der Waals surface area contributed by atoms with E-state index in [1.54, 1.807) is 18.0 Å². The molecular weight excluding hydrogens is 342 g/mol. The van der Waals surface area contributed by atoms with Crippen molar-refractivity contribution in [3.63, 3.8) is 0 Å². The Morgan fingerprint density at radius 2 is 1.73 bits per heavy atom. The molecule has 5 heteroatoms. The van der Waals surface area contributed by atoms with Crippen LogP contribution in [0.15, 0.2) is 82.6 Å². The molecular formula is C21H19N3OS. The topological polar surface area (TPSA) is 43.9 Å². The van der Waals surface area contributed by atoms with Crippen LogP contribution in [0.1, 0.15) is 16.9 Å². The Kier molecular flexibility index (Phi) is 4.88. The number of nitrogens with zero attached hydrogens (tertiary/aromatic N) is 3. The minimum absolute atomic E-state index is 0.612. The second-order valence-corrected chi connectivity index (χ2v) is 7.05. The average molecular weight is 361 g/mol. The summed E-state index contributed by atoms with van der Waals surface area (Å²) in [5.74, 6) is 2.60. The molecule has 0 amide bonds. The van der Waals surface area contributed by atoms with Gasteiger partial charge in [0, 0.05) is 11.3 Å². The standard InChI is InChI=1S/C21H19N3OS/c1-16-9-11-17(12-10-16)15-26-21-23-22-20(18-6-3-2-4-7-18)24(21)14-19-8-5-13-25-19/h2-13H,14-15H2,1H3. The van der Waals surface area contributed by atoms with Gasteiger partial charge in [-0.25, -0.2) is 0 Å². The summed E-state index contributed by atoms with van der Waals surface area (Å²) in [6.45, 7) is 2.71. The summed E-state index contributed by atoms with van der Waals surface area (Å²) in [5.41, 5.74) is 3.59. The van der Waals surface area contributed by atoms with E-state index in [2.05, 4.69) is 58.1 Å². The lowest BCUT2D eigenvalue weighted by Gasteiger charge is -2.09. The molecule has 0 radical (unpaired) electrons. The zero-order chi connectivity index (χ0) is 17.8. The maximum Gasteiger partial charge on any atom is 0.192 e. The highest BCUT2D eigenvalue weighted by Crippen LogP contribution is 2.27. The first-order chi connectivity index (χ1) is 12.8. The molecule has 4 nitrogen and oxygen atoms in total. The van der Waals surface area contributed by atoms with Crippen LogP contribution >= 0.6 is 11.8 Å². The van der Waals surface area contributed by atoms with Crippen LogP contribution in [0, 0.1) is 6.92 Å². The van der Waals surface area contributed by atoms with E-state index in [1.807, 2.05) is 30.3 Å². The largest absolute Gasteiger partial charge is 0.467 e. The van der Waals surface area contributed by atoms with Gasteiger partial charge in [-0.3, -0.25) is 4.57 Å². The molecule has 0 fully saturated rings. The van der Waals surface area contributed by atoms with Crippen molar-refractivity contribution in [2.45, 2.75) is 24.4 Å². The van der Waals surface area contributed by atoms with Crippen LogP contribution in [0.5, 0.6) is 0 Å². The molecule has 0 aliphatic rings. The molecule has 0 saturated carbocycles. The number of benzene rings is 2. The second-order valence-electron chi connectivity index (χ2n) is 6.11. The Morgan fingerprint density at radius 1 is 0.923 bits per heavy atom. The molecule has 0 atom stereocenters. The van der Waals surface area contributed by atoms with E-state index in [-0.39, 0.29) is 0 Å². The van der Waals surface area contributed by atoms with Crippen LogP contribution in [-0.2, 0) is 12.3 Å². The van der Waals surface area contributed by atoms with Crippen molar-refractivity contribution < 1.29 is 4.42 Å². The van der Waals surface area contributed by atoms with Gasteiger partial charge >= 0.3 is 0 Å². The van der Waals surface area contributed by atoms with E-state index in [0.29, 0.717) is 6.54 Å². The average Bonchev–Trinajstić information content (AvgIpc) is 3.33. The van der Waals surface area contributed by atoms with Gasteiger partial charge in [0.2, 0.25) is 0 Å². The normalized spacial score (nSPS) is 11.0. The molecule has 2 heterocycles. The highest BCUT2D eigenvalue weighted by molar-refractivity contribution is 7.98. The quantitative estimate of drug-likeness (QED) is 0.444. The molecule has 0 bridgehead atoms. The van der Waals surface area contributed by atoms with Crippen LogP contribution in [0.4, 0.5) is 0 Å². The molecule has 0 aliphatic heterocycles. The Bertz CT molecular complexity index is 960. The first-order valence-corrected chi connectivity index (χ1v) is 9.47. The maximum atomic E-state index is 5.54. The monoisotopic (exact) mass is 361 g/mol. The van der Waals surface area contributed by atoms with Crippen molar-refractivity contribution >= 4 is 11.8 Å². The minimum Gasteiger partial charge on any atom is -0.467 e. The van der Waals surface area contributed by atoms with Gasteiger partial charge in [-0.05, 0) is 24.6 Å². The summed E-state index contributed by atoms with van der Waals surface area (Å²) in [6, 6.07) is 22.6. The van der Waals surface area contributed by atoms with E-state index < -0.39 is 0 Å². The summed E-state index contributed by atoms with van der Waals surface area (Å²) >= 11 is 1.69. The van der Waals surface area contributed by atoms with Crippen LogP contribution in [0.25, 0.3) is 11.4 Å². The van der Waals surface area contributed by atoms with Gasteiger partial charge in [0.15, 0.2) is 11.0 Å². The summed E-state index contributed by atoms with van der Waals surface area (Å²) in [6.07, 6.45) is 1.70. The fraction of sp³-hybridized carbons (Fsp3) is 0.143. The predicted molar refractivity (Wildman–Crippen MR) is 104 cm³/mol. The molecule has 0 unspecified atom stereocenters. The summed E-state index contributed by atoms with van der Waals surface area (Å²) in [7, 11) is 0. The van der Waals surface area contributed by atoms with Gasteiger partial charge in [0.25, 0.3) is 0 Å².